The van der Waals surface area contributed by atoms with Crippen molar-refractivity contribution < 1.29 is 4.74 Å². The molecule has 2 rings (SSSR count). The molecule has 1 saturated carbocycles. The van der Waals surface area contributed by atoms with Crippen molar-refractivity contribution in [1.29, 1.82) is 0 Å². The van der Waals surface area contributed by atoms with Crippen LogP contribution in [0.2, 0.25) is 0 Å². The summed E-state index contributed by atoms with van der Waals surface area (Å²) in [5, 5.41) is 0. The van der Waals surface area contributed by atoms with E-state index in [9.17, 15) is 0 Å². The lowest BCUT2D eigenvalue weighted by atomic mass is 10.0. The summed E-state index contributed by atoms with van der Waals surface area (Å²) >= 11 is 0. The van der Waals surface area contributed by atoms with Crippen molar-refractivity contribution >= 4 is 0 Å². The van der Waals surface area contributed by atoms with Crippen LogP contribution in [0.1, 0.15) is 39.5 Å². The Morgan fingerprint density at radius 1 is 1.40 bits per heavy atom. The summed E-state index contributed by atoms with van der Waals surface area (Å²) in [7, 11) is 0. The lowest BCUT2D eigenvalue weighted by Gasteiger charge is -2.38. The lowest BCUT2D eigenvalue weighted by Crippen LogP contribution is -2.50. The molecular formula is C12H24N2O. The molecule has 1 aliphatic heterocycles. The zero-order valence-electron chi connectivity index (χ0n) is 10.0. The summed E-state index contributed by atoms with van der Waals surface area (Å²) in [5.74, 6) is 0. The molecule has 1 heterocycles. The van der Waals surface area contributed by atoms with Crippen LogP contribution in [0.5, 0.6) is 0 Å². The maximum Gasteiger partial charge on any atom is 0.0730 e. The largest absolute Gasteiger partial charge is 0.375 e. The molecule has 0 bridgehead atoms. The Balaban J connectivity index is 1.85. The molecule has 88 valence electrons. The van der Waals surface area contributed by atoms with Gasteiger partial charge in [-0.3, -0.25) is 4.90 Å². The molecule has 2 atom stereocenters. The summed E-state index contributed by atoms with van der Waals surface area (Å²) in [6, 6.07) is 0.682. The van der Waals surface area contributed by atoms with Gasteiger partial charge in [0, 0.05) is 24.7 Å². The summed E-state index contributed by atoms with van der Waals surface area (Å²) < 4.78 is 5.79. The number of rotatable bonds is 3. The first kappa shape index (κ1) is 11.4. The highest BCUT2D eigenvalue weighted by Gasteiger charge is 2.35. The predicted octanol–water partition coefficient (Wildman–Crippen LogP) is 1.37. The van der Waals surface area contributed by atoms with Crippen LogP contribution < -0.4 is 5.73 Å². The second-order valence-electron chi connectivity index (χ2n) is 5.68. The molecule has 0 aromatic rings. The third kappa shape index (κ3) is 2.92. The second kappa shape index (κ2) is 4.40. The number of morpholine rings is 1. The van der Waals surface area contributed by atoms with E-state index in [-0.39, 0.29) is 5.54 Å². The molecule has 3 nitrogen and oxygen atoms in total. The van der Waals surface area contributed by atoms with E-state index in [0.717, 1.165) is 26.1 Å². The summed E-state index contributed by atoms with van der Waals surface area (Å²) in [6.45, 7) is 7.36. The SMILES string of the molecule is CC(C)(N)CCN1CCOC2CCCC21. The summed E-state index contributed by atoms with van der Waals surface area (Å²) in [6.07, 6.45) is 5.50. The number of ether oxygens (including phenoxy) is 1. The zero-order chi connectivity index (χ0) is 10.9. The molecule has 0 radical (unpaired) electrons. The minimum Gasteiger partial charge on any atom is -0.375 e. The molecular weight excluding hydrogens is 188 g/mol. The van der Waals surface area contributed by atoms with E-state index in [0.29, 0.717) is 12.1 Å². The van der Waals surface area contributed by atoms with Gasteiger partial charge in [0.25, 0.3) is 0 Å². The molecule has 2 unspecified atom stereocenters. The van der Waals surface area contributed by atoms with E-state index < -0.39 is 0 Å². The van der Waals surface area contributed by atoms with Crippen molar-refractivity contribution in [3.63, 3.8) is 0 Å². The van der Waals surface area contributed by atoms with Crippen LogP contribution >= 0.6 is 0 Å². The van der Waals surface area contributed by atoms with Crippen molar-refractivity contribution in [3.8, 4) is 0 Å². The van der Waals surface area contributed by atoms with Crippen LogP contribution in [0.3, 0.4) is 0 Å². The maximum atomic E-state index is 6.03. The van der Waals surface area contributed by atoms with Crippen molar-refractivity contribution in [2.75, 3.05) is 19.7 Å². The van der Waals surface area contributed by atoms with Crippen molar-refractivity contribution in [1.82, 2.24) is 4.90 Å². The van der Waals surface area contributed by atoms with Gasteiger partial charge in [0.05, 0.1) is 12.7 Å². The highest BCUT2D eigenvalue weighted by molar-refractivity contribution is 4.90. The number of nitrogens with two attached hydrogens (primary N) is 1. The smallest absolute Gasteiger partial charge is 0.0730 e. The number of fused-ring (bicyclic) bond motifs is 1. The van der Waals surface area contributed by atoms with Crippen LogP contribution in [-0.4, -0.2) is 42.3 Å². The Morgan fingerprint density at radius 2 is 2.20 bits per heavy atom. The molecule has 0 aromatic heterocycles. The molecule has 2 fully saturated rings. The first-order chi connectivity index (χ1) is 7.06. The Labute approximate surface area is 93.0 Å². The van der Waals surface area contributed by atoms with E-state index in [1.165, 1.54) is 19.3 Å². The first-order valence-corrected chi connectivity index (χ1v) is 6.21. The van der Waals surface area contributed by atoms with Crippen LogP contribution in [-0.2, 0) is 4.74 Å². The topological polar surface area (TPSA) is 38.5 Å². The quantitative estimate of drug-likeness (QED) is 0.768. The van der Waals surface area contributed by atoms with Crippen molar-refractivity contribution in [2.45, 2.75) is 57.2 Å². The van der Waals surface area contributed by atoms with E-state index in [2.05, 4.69) is 18.7 Å². The van der Waals surface area contributed by atoms with Gasteiger partial charge >= 0.3 is 0 Å². The Kier molecular flexibility index (Phi) is 3.33. The minimum atomic E-state index is -0.0353. The highest BCUT2D eigenvalue weighted by atomic mass is 16.5. The van der Waals surface area contributed by atoms with Crippen LogP contribution in [0.15, 0.2) is 0 Å². The van der Waals surface area contributed by atoms with Gasteiger partial charge in [-0.2, -0.15) is 0 Å². The molecule has 2 aliphatic rings. The fraction of sp³-hybridized carbons (Fsp3) is 1.00. The zero-order valence-corrected chi connectivity index (χ0v) is 10.0. The van der Waals surface area contributed by atoms with Gasteiger partial charge in [0.15, 0.2) is 0 Å². The molecule has 15 heavy (non-hydrogen) atoms. The summed E-state index contributed by atoms with van der Waals surface area (Å²) in [5.41, 5.74) is 6.00. The maximum absolute atomic E-state index is 6.03. The lowest BCUT2D eigenvalue weighted by molar-refractivity contribution is -0.0569. The average Bonchev–Trinajstić information content (AvgIpc) is 2.61. The minimum absolute atomic E-state index is 0.0353. The number of nitrogens with zero attached hydrogens (tertiary/aromatic N) is 1. The van der Waals surface area contributed by atoms with Crippen molar-refractivity contribution in [3.05, 3.63) is 0 Å². The number of hydrogen-bond donors (Lipinski definition) is 1. The van der Waals surface area contributed by atoms with Gasteiger partial charge in [0.2, 0.25) is 0 Å². The van der Waals surface area contributed by atoms with E-state index in [4.69, 9.17) is 10.5 Å². The second-order valence-corrected chi connectivity index (χ2v) is 5.68. The Bertz CT molecular complexity index is 212. The van der Waals surface area contributed by atoms with E-state index in [1.807, 2.05) is 0 Å². The third-order valence-electron chi connectivity index (χ3n) is 3.64. The predicted molar refractivity (Wildman–Crippen MR) is 61.8 cm³/mol. The molecule has 1 aliphatic carbocycles. The molecule has 1 saturated heterocycles. The fourth-order valence-corrected chi connectivity index (χ4v) is 2.72. The molecule has 0 amide bonds. The van der Waals surface area contributed by atoms with E-state index >= 15 is 0 Å². The van der Waals surface area contributed by atoms with Gasteiger partial charge in [-0.05, 0) is 39.5 Å². The monoisotopic (exact) mass is 212 g/mol. The van der Waals surface area contributed by atoms with Gasteiger partial charge in [-0.25, -0.2) is 0 Å². The Morgan fingerprint density at radius 3 is 2.93 bits per heavy atom. The Hall–Kier alpha value is -0.120. The van der Waals surface area contributed by atoms with Crippen LogP contribution in [0, 0.1) is 0 Å². The average molecular weight is 212 g/mol. The van der Waals surface area contributed by atoms with Gasteiger partial charge in [-0.1, -0.05) is 0 Å². The molecule has 3 heteroatoms. The standard InChI is InChI=1S/C12H24N2O/c1-12(2,13)6-7-14-8-9-15-11-5-3-4-10(11)14/h10-11H,3-9,13H2,1-2H3. The fourth-order valence-electron chi connectivity index (χ4n) is 2.72. The third-order valence-corrected chi connectivity index (χ3v) is 3.64. The van der Waals surface area contributed by atoms with Crippen molar-refractivity contribution in [2.24, 2.45) is 5.73 Å². The van der Waals surface area contributed by atoms with Gasteiger partial charge in [0.1, 0.15) is 0 Å². The van der Waals surface area contributed by atoms with Crippen LogP contribution in [0.4, 0.5) is 0 Å². The van der Waals surface area contributed by atoms with Gasteiger partial charge < -0.3 is 10.5 Å². The van der Waals surface area contributed by atoms with Gasteiger partial charge in [-0.15, -0.1) is 0 Å². The molecule has 0 aromatic carbocycles. The number of hydrogen-bond acceptors (Lipinski definition) is 3. The molecule has 2 N–H and O–H groups in total. The first-order valence-electron chi connectivity index (χ1n) is 6.21. The van der Waals surface area contributed by atoms with Crippen LogP contribution in [0.25, 0.3) is 0 Å². The molecule has 0 spiro atoms. The summed E-state index contributed by atoms with van der Waals surface area (Å²) in [4.78, 5) is 2.59. The van der Waals surface area contributed by atoms with E-state index in [1.54, 1.807) is 0 Å². The highest BCUT2D eigenvalue weighted by Crippen LogP contribution is 2.29. The normalized spacial score (nSPS) is 33.0.